The minimum absolute atomic E-state index is 0.118. The topological polar surface area (TPSA) is 98.7 Å². The van der Waals surface area contributed by atoms with Gasteiger partial charge in [0.05, 0.1) is 11.8 Å². The second kappa shape index (κ2) is 10.4. The fourth-order valence-corrected chi connectivity index (χ4v) is 5.35. The van der Waals surface area contributed by atoms with E-state index in [4.69, 9.17) is 0 Å². The van der Waals surface area contributed by atoms with Crippen molar-refractivity contribution in [1.82, 2.24) is 0 Å². The van der Waals surface area contributed by atoms with Gasteiger partial charge < -0.3 is 20.8 Å². The summed E-state index contributed by atoms with van der Waals surface area (Å²) in [6.07, 6.45) is 0. The molecule has 1 fully saturated rings. The second-order valence-electron chi connectivity index (χ2n) is 10.00. The molecular formula is C32H30N2O4. The molecule has 0 bridgehead atoms. The molecule has 4 N–H and O–H groups in total. The SMILES string of the molecule is Cc1ccc(C2C(C(=O)Nc3ccc(O)cc3)C(c3ccc(C)cc3)C2C(=O)Nc2ccc(O)cc2)cc1. The Morgan fingerprint density at radius 3 is 1.16 bits per heavy atom. The fourth-order valence-electron chi connectivity index (χ4n) is 5.35. The average molecular weight is 507 g/mol. The van der Waals surface area contributed by atoms with Crippen LogP contribution in [-0.2, 0) is 9.59 Å². The number of rotatable bonds is 6. The van der Waals surface area contributed by atoms with E-state index in [9.17, 15) is 19.8 Å². The highest BCUT2D eigenvalue weighted by Gasteiger charge is 2.58. The first-order valence-corrected chi connectivity index (χ1v) is 12.6. The van der Waals surface area contributed by atoms with Gasteiger partial charge in [-0.15, -0.1) is 0 Å². The number of amides is 2. The Morgan fingerprint density at radius 2 is 0.842 bits per heavy atom. The van der Waals surface area contributed by atoms with Gasteiger partial charge in [-0.2, -0.15) is 0 Å². The Bertz CT molecular complexity index is 1310. The van der Waals surface area contributed by atoms with Crippen molar-refractivity contribution in [3.8, 4) is 11.5 Å². The molecule has 4 aromatic rings. The molecule has 0 radical (unpaired) electrons. The first-order chi connectivity index (χ1) is 18.3. The molecule has 192 valence electrons. The van der Waals surface area contributed by atoms with E-state index in [2.05, 4.69) is 10.6 Å². The molecule has 6 nitrogen and oxygen atoms in total. The molecule has 0 unspecified atom stereocenters. The van der Waals surface area contributed by atoms with E-state index in [1.54, 1.807) is 24.3 Å². The number of hydrogen-bond acceptors (Lipinski definition) is 4. The third kappa shape index (κ3) is 5.11. The zero-order chi connectivity index (χ0) is 26.8. The van der Waals surface area contributed by atoms with Gasteiger partial charge >= 0.3 is 0 Å². The summed E-state index contributed by atoms with van der Waals surface area (Å²) >= 11 is 0. The van der Waals surface area contributed by atoms with Crippen molar-refractivity contribution >= 4 is 23.2 Å². The highest BCUT2D eigenvalue weighted by atomic mass is 16.3. The maximum Gasteiger partial charge on any atom is 0.228 e. The number of nitrogens with one attached hydrogen (secondary N) is 2. The van der Waals surface area contributed by atoms with Crippen LogP contribution >= 0.6 is 0 Å². The number of phenolic OH excluding ortho intramolecular Hbond substituents is 2. The molecule has 0 saturated heterocycles. The number of carbonyl (C=O) groups is 2. The van der Waals surface area contributed by atoms with E-state index in [0.717, 1.165) is 22.3 Å². The Balaban J connectivity index is 1.54. The van der Waals surface area contributed by atoms with E-state index in [0.29, 0.717) is 11.4 Å². The molecule has 1 aliphatic rings. The van der Waals surface area contributed by atoms with Crippen molar-refractivity contribution < 1.29 is 19.8 Å². The summed E-state index contributed by atoms with van der Waals surface area (Å²) < 4.78 is 0. The standard InChI is InChI=1S/C32H30N2O4/c1-19-3-7-21(8-4-19)27-29(31(37)33-23-11-15-25(35)16-12-23)28(22-9-5-20(2)6-10-22)30(27)32(38)34-24-13-17-26(36)18-14-24/h3-18,27-30,35-36H,1-2H3,(H,33,37)(H,34,38). The fraction of sp³-hybridized carbons (Fsp3) is 0.188. The number of hydrogen-bond donors (Lipinski definition) is 4. The summed E-state index contributed by atoms with van der Waals surface area (Å²) in [7, 11) is 0. The molecular weight excluding hydrogens is 476 g/mol. The minimum Gasteiger partial charge on any atom is -0.508 e. The largest absolute Gasteiger partial charge is 0.508 e. The summed E-state index contributed by atoms with van der Waals surface area (Å²) in [5.41, 5.74) is 5.20. The highest BCUT2D eigenvalue weighted by molar-refractivity contribution is 6.01. The first-order valence-electron chi connectivity index (χ1n) is 12.6. The van der Waals surface area contributed by atoms with Crippen LogP contribution in [0.25, 0.3) is 0 Å². The van der Waals surface area contributed by atoms with Gasteiger partial charge in [0.15, 0.2) is 0 Å². The molecule has 0 atom stereocenters. The normalized spacial score (nSPS) is 20.3. The maximum atomic E-state index is 13.8. The van der Waals surface area contributed by atoms with E-state index < -0.39 is 11.8 Å². The van der Waals surface area contributed by atoms with Gasteiger partial charge in [0.25, 0.3) is 0 Å². The average Bonchev–Trinajstić information content (AvgIpc) is 2.88. The van der Waals surface area contributed by atoms with Crippen LogP contribution in [0.4, 0.5) is 11.4 Å². The number of aromatic hydroxyl groups is 2. The van der Waals surface area contributed by atoms with Gasteiger partial charge in [0.2, 0.25) is 11.8 Å². The van der Waals surface area contributed by atoms with E-state index in [-0.39, 0.29) is 35.1 Å². The van der Waals surface area contributed by atoms with Crippen molar-refractivity contribution in [2.75, 3.05) is 10.6 Å². The Morgan fingerprint density at radius 1 is 0.526 bits per heavy atom. The van der Waals surface area contributed by atoms with E-state index >= 15 is 0 Å². The summed E-state index contributed by atoms with van der Waals surface area (Å²) in [4.78, 5) is 27.6. The lowest BCUT2D eigenvalue weighted by Crippen LogP contribution is -2.53. The van der Waals surface area contributed by atoms with Crippen molar-refractivity contribution in [1.29, 1.82) is 0 Å². The minimum atomic E-state index is -0.496. The van der Waals surface area contributed by atoms with Gasteiger partial charge in [0.1, 0.15) is 11.5 Å². The molecule has 1 saturated carbocycles. The van der Waals surface area contributed by atoms with Crippen LogP contribution in [0.1, 0.15) is 34.1 Å². The van der Waals surface area contributed by atoms with Crippen molar-refractivity contribution in [2.45, 2.75) is 25.7 Å². The molecule has 0 spiro atoms. The Labute approximate surface area is 222 Å². The van der Waals surface area contributed by atoms with E-state index in [1.165, 1.54) is 24.3 Å². The third-order valence-corrected chi connectivity index (χ3v) is 7.35. The van der Waals surface area contributed by atoms with Gasteiger partial charge in [-0.05, 0) is 73.5 Å². The summed E-state index contributed by atoms with van der Waals surface area (Å²) in [5, 5.41) is 25.3. The predicted octanol–water partition coefficient (Wildman–Crippen LogP) is 6.11. The maximum absolute atomic E-state index is 13.8. The summed E-state index contributed by atoms with van der Waals surface area (Å²) in [6, 6.07) is 28.7. The molecule has 0 aliphatic heterocycles. The number of anilines is 2. The molecule has 0 aromatic heterocycles. The molecule has 0 heterocycles. The number of benzene rings is 4. The van der Waals surface area contributed by atoms with Crippen LogP contribution in [0, 0.1) is 25.7 Å². The summed E-state index contributed by atoms with van der Waals surface area (Å²) in [5.74, 6) is -1.82. The van der Waals surface area contributed by atoms with Crippen molar-refractivity contribution in [3.05, 3.63) is 119 Å². The quantitative estimate of drug-likeness (QED) is 0.237. The number of carbonyl (C=O) groups excluding carboxylic acids is 2. The molecule has 4 aromatic carbocycles. The molecule has 5 rings (SSSR count). The van der Waals surface area contributed by atoms with E-state index in [1.807, 2.05) is 62.4 Å². The van der Waals surface area contributed by atoms with Crippen LogP contribution in [0.3, 0.4) is 0 Å². The van der Waals surface area contributed by atoms with Crippen molar-refractivity contribution in [3.63, 3.8) is 0 Å². The van der Waals surface area contributed by atoms with Gasteiger partial charge in [0, 0.05) is 23.2 Å². The van der Waals surface area contributed by atoms with Crippen LogP contribution in [-0.4, -0.2) is 22.0 Å². The van der Waals surface area contributed by atoms with Crippen LogP contribution in [0.5, 0.6) is 11.5 Å². The smallest absolute Gasteiger partial charge is 0.228 e. The van der Waals surface area contributed by atoms with Crippen LogP contribution in [0.2, 0.25) is 0 Å². The molecule has 2 amide bonds. The lowest BCUT2D eigenvalue weighted by molar-refractivity contribution is -0.134. The second-order valence-corrected chi connectivity index (χ2v) is 10.00. The van der Waals surface area contributed by atoms with Gasteiger partial charge in [-0.3, -0.25) is 9.59 Å². The lowest BCUT2D eigenvalue weighted by Gasteiger charge is -2.50. The molecule has 38 heavy (non-hydrogen) atoms. The monoisotopic (exact) mass is 506 g/mol. The highest BCUT2D eigenvalue weighted by Crippen LogP contribution is 2.58. The Kier molecular flexibility index (Phi) is 6.88. The first kappa shape index (κ1) is 25.1. The number of aryl methyl sites for hydroxylation is 2. The number of phenols is 2. The zero-order valence-electron chi connectivity index (χ0n) is 21.3. The third-order valence-electron chi connectivity index (χ3n) is 7.35. The van der Waals surface area contributed by atoms with Crippen molar-refractivity contribution in [2.24, 2.45) is 11.8 Å². The van der Waals surface area contributed by atoms with Gasteiger partial charge in [-0.1, -0.05) is 59.7 Å². The zero-order valence-corrected chi connectivity index (χ0v) is 21.3. The Hall–Kier alpha value is -4.58. The summed E-state index contributed by atoms with van der Waals surface area (Å²) in [6.45, 7) is 4.01. The molecule has 1 aliphatic carbocycles. The predicted molar refractivity (Wildman–Crippen MR) is 148 cm³/mol. The van der Waals surface area contributed by atoms with Crippen LogP contribution < -0.4 is 10.6 Å². The molecule has 6 heteroatoms. The van der Waals surface area contributed by atoms with Crippen LogP contribution in [0.15, 0.2) is 97.1 Å². The lowest BCUT2D eigenvalue weighted by atomic mass is 9.51. The van der Waals surface area contributed by atoms with Gasteiger partial charge in [-0.25, -0.2) is 0 Å².